The summed E-state index contributed by atoms with van der Waals surface area (Å²) in [5.74, 6) is 0.517. The monoisotopic (exact) mass is 499 g/mol. The van der Waals surface area contributed by atoms with Gasteiger partial charge in [-0.3, -0.25) is 0 Å². The third-order valence-corrected chi connectivity index (χ3v) is 19.7. The fourth-order valence-electron chi connectivity index (χ4n) is 3.45. The van der Waals surface area contributed by atoms with Crippen LogP contribution >= 0.6 is 0 Å². The molecule has 160 valence electrons. The van der Waals surface area contributed by atoms with Gasteiger partial charge in [-0.15, -0.1) is 0 Å². The van der Waals surface area contributed by atoms with Crippen molar-refractivity contribution in [2.75, 3.05) is 18.3 Å². The fourth-order valence-corrected chi connectivity index (χ4v) is 17.8. The third kappa shape index (κ3) is 10.2. The number of hydrogen-bond acceptors (Lipinski definition) is 5. The van der Waals surface area contributed by atoms with Gasteiger partial charge >= 0.3 is 177 Å². The molecule has 0 N–H and O–H groups in total. The van der Waals surface area contributed by atoms with E-state index in [9.17, 15) is 0 Å². The Labute approximate surface area is 176 Å². The number of methoxy groups -OCH3 is 1. The molecule has 0 aliphatic carbocycles. The van der Waals surface area contributed by atoms with Crippen LogP contribution < -0.4 is 4.74 Å². The molecule has 0 saturated carbocycles. The Hall–Kier alpha value is -0.691. The van der Waals surface area contributed by atoms with E-state index in [1.807, 2.05) is 6.07 Å². The molecule has 0 aliphatic heterocycles. The molecule has 0 bridgehead atoms. The number of hydrogen-bond donors (Lipinski definition) is 0. The first-order valence-electron chi connectivity index (χ1n) is 11.1. The Bertz CT molecular complexity index is 515. The second kappa shape index (κ2) is 15.2. The maximum absolute atomic E-state index is 6.30. The van der Waals surface area contributed by atoms with Gasteiger partial charge in [0.1, 0.15) is 0 Å². The molecule has 1 unspecified atom stereocenters. The minimum absolute atomic E-state index is 0.136. The maximum atomic E-state index is 6.30. The Morgan fingerprint density at radius 3 is 2.07 bits per heavy atom. The standard InChI is InChI=1S/C10H14N3O2.3C4H9.Sn/c1-8(7-14-2)11-6-9-4-5-10(15-3)13-12-9;3*1-3-4-2;/h4-6,8H,2,7H2,1,3H3;3*1,3-4H2,2H3;/b11-6+;;;;. The summed E-state index contributed by atoms with van der Waals surface area (Å²) in [6.45, 7) is 9.75. The van der Waals surface area contributed by atoms with Gasteiger partial charge in [0.25, 0.3) is 0 Å². The van der Waals surface area contributed by atoms with Crippen molar-refractivity contribution in [3.63, 3.8) is 0 Å². The Kier molecular flexibility index (Phi) is 13.7. The molecule has 6 heteroatoms. The average Bonchev–Trinajstić information content (AvgIpc) is 2.73. The number of unbranched alkanes of at least 4 members (excludes halogenated alkanes) is 3. The zero-order valence-electron chi connectivity index (χ0n) is 18.7. The summed E-state index contributed by atoms with van der Waals surface area (Å²) in [4.78, 5) is 4.59. The fraction of sp³-hybridized carbons (Fsp3) is 0.773. The van der Waals surface area contributed by atoms with Crippen molar-refractivity contribution in [2.24, 2.45) is 4.99 Å². The normalized spacial score (nSPS) is 13.2. The third-order valence-electron chi connectivity index (χ3n) is 5.28. The number of rotatable bonds is 16. The topological polar surface area (TPSA) is 56.6 Å². The molecule has 0 amide bonds. The second-order valence-electron chi connectivity index (χ2n) is 7.95. The first kappa shape index (κ1) is 25.3. The summed E-state index contributed by atoms with van der Waals surface area (Å²) in [5.41, 5.74) is 0.745. The van der Waals surface area contributed by atoms with E-state index in [4.69, 9.17) is 9.47 Å². The van der Waals surface area contributed by atoms with Crippen molar-refractivity contribution in [3.05, 3.63) is 17.8 Å². The SMILES string of the molecule is CCC[CH2][Sn]([CH2]CCC)([CH2]CCC)[CH2]OCC(C)/N=C/c1ccc(OC)nn1. The van der Waals surface area contributed by atoms with Gasteiger partial charge in [-0.2, -0.15) is 0 Å². The van der Waals surface area contributed by atoms with Gasteiger partial charge in [0.05, 0.1) is 0 Å². The molecule has 0 aliphatic rings. The molecule has 1 atom stereocenters. The second-order valence-corrected chi connectivity index (χ2v) is 21.6. The van der Waals surface area contributed by atoms with Crippen LogP contribution in [0.3, 0.4) is 0 Å². The first-order valence-corrected chi connectivity index (χ1v) is 19.1. The van der Waals surface area contributed by atoms with E-state index in [2.05, 4.69) is 42.9 Å². The van der Waals surface area contributed by atoms with E-state index in [0.29, 0.717) is 12.5 Å². The molecule has 0 spiro atoms. The molecule has 5 nitrogen and oxygen atoms in total. The van der Waals surface area contributed by atoms with Crippen molar-refractivity contribution in [3.8, 4) is 5.88 Å². The molecule has 28 heavy (non-hydrogen) atoms. The number of ether oxygens (including phenoxy) is 2. The van der Waals surface area contributed by atoms with E-state index < -0.39 is 18.4 Å². The number of aromatic nitrogens is 2. The molecule has 1 aromatic rings. The molecule has 0 radical (unpaired) electrons. The van der Waals surface area contributed by atoms with Crippen molar-refractivity contribution >= 4 is 24.6 Å². The van der Waals surface area contributed by atoms with E-state index in [1.165, 1.54) is 51.8 Å². The summed E-state index contributed by atoms with van der Waals surface area (Å²) in [6.07, 6.45) is 9.86. The Balaban J connectivity index is 2.57. The van der Waals surface area contributed by atoms with Crippen LogP contribution in [-0.2, 0) is 4.74 Å². The van der Waals surface area contributed by atoms with E-state index >= 15 is 0 Å². The van der Waals surface area contributed by atoms with E-state index in [0.717, 1.165) is 10.3 Å². The minimum atomic E-state index is -2.19. The van der Waals surface area contributed by atoms with Crippen LogP contribution in [0.1, 0.15) is 71.9 Å². The molecule has 1 rings (SSSR count). The number of aliphatic imine (C=N–C) groups is 1. The first-order chi connectivity index (χ1) is 13.6. The molecule has 0 fully saturated rings. The van der Waals surface area contributed by atoms with Crippen LogP contribution in [0.5, 0.6) is 5.88 Å². The van der Waals surface area contributed by atoms with Gasteiger partial charge < -0.3 is 0 Å². The summed E-state index contributed by atoms with van der Waals surface area (Å²) >= 11 is -2.19. The Morgan fingerprint density at radius 1 is 1.00 bits per heavy atom. The molecular weight excluding hydrogens is 457 g/mol. The zero-order chi connectivity index (χ0) is 20.7. The summed E-state index contributed by atoms with van der Waals surface area (Å²) < 4.78 is 16.9. The summed E-state index contributed by atoms with van der Waals surface area (Å²) in [7, 11) is 1.59. The predicted octanol–water partition coefficient (Wildman–Crippen LogP) is 5.70. The van der Waals surface area contributed by atoms with Crippen molar-refractivity contribution in [1.29, 1.82) is 0 Å². The van der Waals surface area contributed by atoms with Crippen molar-refractivity contribution in [1.82, 2.24) is 10.2 Å². The van der Waals surface area contributed by atoms with E-state index in [1.54, 1.807) is 19.4 Å². The van der Waals surface area contributed by atoms with Crippen LogP contribution in [0.4, 0.5) is 0 Å². The molecule has 0 aromatic carbocycles. The average molecular weight is 498 g/mol. The van der Waals surface area contributed by atoms with Crippen LogP contribution in [0.15, 0.2) is 17.1 Å². The van der Waals surface area contributed by atoms with Gasteiger partial charge in [-0.1, -0.05) is 0 Å². The van der Waals surface area contributed by atoms with Gasteiger partial charge in [0.2, 0.25) is 0 Å². The van der Waals surface area contributed by atoms with Crippen LogP contribution in [0.2, 0.25) is 13.3 Å². The molecule has 0 saturated heterocycles. The van der Waals surface area contributed by atoms with Crippen LogP contribution in [0.25, 0.3) is 0 Å². The molecular formula is C22H41N3O2Sn. The van der Waals surface area contributed by atoms with E-state index in [-0.39, 0.29) is 6.04 Å². The van der Waals surface area contributed by atoms with Gasteiger partial charge in [-0.25, -0.2) is 0 Å². The predicted molar refractivity (Wildman–Crippen MR) is 121 cm³/mol. The summed E-state index contributed by atoms with van der Waals surface area (Å²) in [5, 5.41) is 8.06. The molecule has 1 heterocycles. The quantitative estimate of drug-likeness (QED) is 0.217. The zero-order valence-corrected chi connectivity index (χ0v) is 21.6. The molecule has 1 aromatic heterocycles. The number of nitrogens with zero attached hydrogens (tertiary/aromatic N) is 3. The van der Waals surface area contributed by atoms with Gasteiger partial charge in [0.15, 0.2) is 0 Å². The van der Waals surface area contributed by atoms with Crippen molar-refractivity contribution in [2.45, 2.75) is 85.6 Å². The summed E-state index contributed by atoms with van der Waals surface area (Å²) in [6, 6.07) is 3.80. The van der Waals surface area contributed by atoms with Gasteiger partial charge in [-0.05, 0) is 0 Å². The van der Waals surface area contributed by atoms with Gasteiger partial charge in [0, 0.05) is 0 Å². The Morgan fingerprint density at radius 2 is 1.61 bits per heavy atom. The van der Waals surface area contributed by atoms with Crippen molar-refractivity contribution < 1.29 is 9.47 Å². The van der Waals surface area contributed by atoms with Crippen LogP contribution in [-0.4, -0.2) is 59.2 Å². The van der Waals surface area contributed by atoms with Crippen LogP contribution in [0, 0.1) is 0 Å².